The third-order valence-electron chi connectivity index (χ3n) is 6.36. The van der Waals surface area contributed by atoms with Gasteiger partial charge in [-0.3, -0.25) is 26.2 Å². The van der Waals surface area contributed by atoms with E-state index in [0.29, 0.717) is 5.75 Å². The van der Waals surface area contributed by atoms with Gasteiger partial charge in [-0.25, -0.2) is 37.5 Å². The fourth-order valence-electron chi connectivity index (χ4n) is 4.00. The minimum absolute atomic E-state index is 0. The first-order valence-electron chi connectivity index (χ1n) is 14.1. The van der Waals surface area contributed by atoms with Crippen LogP contribution in [0.15, 0.2) is 65.7 Å². The molecular weight excluding hydrogens is 848 g/mol. The molecule has 0 aliphatic carbocycles. The van der Waals surface area contributed by atoms with Gasteiger partial charge in [-0.2, -0.15) is 26.3 Å². The van der Waals surface area contributed by atoms with Crippen molar-refractivity contribution in [1.82, 2.24) is 50.5 Å². The molecule has 30 heteroatoms. The fourth-order valence-corrected chi connectivity index (χ4v) is 8.53. The van der Waals surface area contributed by atoms with Crippen LogP contribution < -0.4 is 29.8 Å². The molecule has 287 valence electrons. The smallest absolute Gasteiger partial charge is 0.290 e. The van der Waals surface area contributed by atoms with Crippen molar-refractivity contribution < 1.29 is 50.1 Å². The maximum absolute atomic E-state index is 13.2. The second-order valence-electron chi connectivity index (χ2n) is 10.1. The summed E-state index contributed by atoms with van der Waals surface area (Å²) >= 11 is 13.5. The number of hydrogen-bond acceptors (Lipinski definition) is 17. The summed E-state index contributed by atoms with van der Waals surface area (Å²) in [6, 6.07) is 6.05. The monoisotopic (exact) mass is 869 g/mol. The average Bonchev–Trinajstić information content (AvgIpc) is 3.90. The zero-order valence-electron chi connectivity index (χ0n) is 26.4. The molecule has 0 bridgehead atoms. The van der Waals surface area contributed by atoms with Crippen molar-refractivity contribution in [1.29, 1.82) is 0 Å². The number of amidine groups is 2. The lowest BCUT2D eigenvalue weighted by Crippen LogP contribution is -2.31. The van der Waals surface area contributed by atoms with Crippen LogP contribution in [0.25, 0.3) is 0 Å². The Morgan fingerprint density at radius 2 is 1.33 bits per heavy atom. The normalized spacial score (nSPS) is 19.0. The van der Waals surface area contributed by atoms with Gasteiger partial charge in [-0.05, 0) is 57.0 Å². The summed E-state index contributed by atoms with van der Waals surface area (Å²) in [4.78, 5) is 19.7. The largest absolute Gasteiger partial charge is 0.302 e. The van der Waals surface area contributed by atoms with Crippen molar-refractivity contribution >= 4 is 105 Å². The molecule has 3 radical (unpaired) electrons. The van der Waals surface area contributed by atoms with E-state index in [4.69, 9.17) is 23.2 Å². The van der Waals surface area contributed by atoms with Crippen LogP contribution in [0.5, 0.6) is 0 Å². The van der Waals surface area contributed by atoms with E-state index in [1.165, 1.54) is 24.3 Å². The van der Waals surface area contributed by atoms with E-state index in [1.807, 2.05) is 11.0 Å². The molecule has 0 saturated carbocycles. The summed E-state index contributed by atoms with van der Waals surface area (Å²) in [7, 11) is -7.31. The van der Waals surface area contributed by atoms with E-state index in [-0.39, 0.29) is 81.3 Å². The maximum atomic E-state index is 13.2. The highest BCUT2D eigenvalue weighted by atomic mass is 35.5. The summed E-state index contributed by atoms with van der Waals surface area (Å²) in [5, 5.41) is 33.4. The number of hydroxylamine groups is 2. The van der Waals surface area contributed by atoms with E-state index in [2.05, 4.69) is 54.0 Å². The summed E-state index contributed by atoms with van der Waals surface area (Å²) in [6.45, 7) is 0.239. The molecule has 2 atom stereocenters. The Hall–Kier alpha value is -3.97. The van der Waals surface area contributed by atoms with Crippen LogP contribution in [0.2, 0.25) is 10.0 Å². The van der Waals surface area contributed by atoms with E-state index < -0.39 is 44.0 Å². The lowest BCUT2D eigenvalue weighted by molar-refractivity contribution is -0.119. The van der Waals surface area contributed by atoms with E-state index in [0.717, 1.165) is 35.7 Å². The molecule has 54 heavy (non-hydrogen) atoms. The van der Waals surface area contributed by atoms with Crippen molar-refractivity contribution in [3.05, 3.63) is 69.5 Å². The molecule has 21 nitrogen and oxygen atoms in total. The van der Waals surface area contributed by atoms with Gasteiger partial charge in [0, 0.05) is 32.5 Å². The Balaban J connectivity index is 0.000000236. The molecular formula is C24H22BCl2F2N12O9S4. The maximum Gasteiger partial charge on any atom is 0.302 e. The van der Waals surface area contributed by atoms with Crippen LogP contribution in [0.1, 0.15) is 11.4 Å². The Morgan fingerprint density at radius 3 is 1.74 bits per heavy atom. The van der Waals surface area contributed by atoms with Gasteiger partial charge < -0.3 is 0 Å². The fraction of sp³-hybridized carbons (Fsp3) is 0.208. The second-order valence-corrected chi connectivity index (χ2v) is 15.9. The highest BCUT2D eigenvalue weighted by Crippen LogP contribution is 2.27. The summed E-state index contributed by atoms with van der Waals surface area (Å²) in [6.07, 6.45) is 0. The van der Waals surface area contributed by atoms with Gasteiger partial charge in [0.1, 0.15) is 17.7 Å². The van der Waals surface area contributed by atoms with Gasteiger partial charge in [-0.1, -0.05) is 46.7 Å². The molecule has 0 unspecified atom stereocenters. The molecule has 4 heterocycles. The van der Waals surface area contributed by atoms with Gasteiger partial charge in [0.05, 0.1) is 21.4 Å². The number of benzene rings is 2. The van der Waals surface area contributed by atoms with Crippen molar-refractivity contribution in [3.63, 3.8) is 0 Å². The quantitative estimate of drug-likeness (QED) is 0.0359. The zero-order valence-corrected chi connectivity index (χ0v) is 31.2. The number of rotatable bonds is 10. The molecule has 0 spiro atoms. The van der Waals surface area contributed by atoms with E-state index >= 15 is 0 Å². The first kappa shape index (κ1) is 42.8. The minimum Gasteiger partial charge on any atom is -0.290 e. The van der Waals surface area contributed by atoms with Crippen LogP contribution in [0.3, 0.4) is 0 Å². The Labute approximate surface area is 323 Å². The first-order valence-corrected chi connectivity index (χ1v) is 19.8. The van der Waals surface area contributed by atoms with Crippen LogP contribution in [-0.4, -0.2) is 104 Å². The number of hydrogen-bond donors (Lipinski definition) is 8. The van der Waals surface area contributed by atoms with Crippen LogP contribution in [0, 0.1) is 11.6 Å². The third kappa shape index (κ3) is 11.3. The Morgan fingerprint density at radius 1 is 0.833 bits per heavy atom. The lowest BCUT2D eigenvalue weighted by Gasteiger charge is -2.06. The van der Waals surface area contributed by atoms with Crippen LogP contribution in [-0.2, 0) is 25.2 Å². The molecule has 1 amide bonds. The van der Waals surface area contributed by atoms with Gasteiger partial charge in [-0.15, -0.1) is 0 Å². The topological polar surface area (TPSA) is 301 Å². The summed E-state index contributed by atoms with van der Waals surface area (Å²) in [5.41, 5.74) is 4.27. The number of aliphatic imine (C=N–C) groups is 2. The molecule has 2 aromatic carbocycles. The van der Waals surface area contributed by atoms with Crippen molar-refractivity contribution in [2.75, 3.05) is 18.1 Å². The zero-order chi connectivity index (χ0) is 38.3. The number of nitrogens with zero attached hydrogens (tertiary/aromatic N) is 6. The predicted octanol–water partition coefficient (Wildman–Crippen LogP) is 0.781. The molecule has 4 aromatic rings. The number of amides is 1. The number of aromatic nitrogens is 4. The SMILES string of the molecule is O=C1NS(=O)(=O)N[C@H]1CSc1nonc1C(=Nc1ccc(F)c(Cl)c1)NO.O=S1(=O)NC[C@H](CSc2nonc2C(=Nc2ccc(F)c(Cl)c2)NO)N1.[B]. The summed E-state index contributed by atoms with van der Waals surface area (Å²) < 4.78 is 89.6. The Kier molecular flexibility index (Phi) is 14.7. The van der Waals surface area contributed by atoms with Crippen LogP contribution >= 0.6 is 46.7 Å². The standard InChI is InChI=1S/C12H10ClFN6O5S2.C12H12ClFN6O4S2.B/c13-6-3-5(1-2-7(6)14)15-10(16-22)9-12(18-25-17-9)26-4-8-11(21)20-27(23,24)19-8;13-8-3-6(1-2-9(8)14)16-11(17-21)10-12(19-24-18-10)25-5-7-4-15-26(22,23)20-7;/h1-3,8,19,22H,4H2,(H,15,16)(H,20,21);1-3,7,15,20-21H,4-5H2,(H,16,17);/t8-;7-;/m01./s1. The van der Waals surface area contributed by atoms with Gasteiger partial charge >= 0.3 is 10.2 Å². The number of carbonyl (C=O) groups excluding carboxylic acids is 1. The molecule has 8 N–H and O–H groups in total. The second kappa shape index (κ2) is 18.6. The number of nitrogens with one attached hydrogen (secondary N) is 6. The highest BCUT2D eigenvalue weighted by molar-refractivity contribution is 7.99. The van der Waals surface area contributed by atoms with Crippen molar-refractivity contribution in [3.8, 4) is 0 Å². The first-order chi connectivity index (χ1) is 25.2. The van der Waals surface area contributed by atoms with E-state index in [1.54, 1.807) is 4.72 Å². The van der Waals surface area contributed by atoms with Crippen molar-refractivity contribution in [2.45, 2.75) is 22.1 Å². The average molecular weight is 870 g/mol. The summed E-state index contributed by atoms with van der Waals surface area (Å²) in [5.74, 6) is -1.90. The minimum atomic E-state index is -3.86. The van der Waals surface area contributed by atoms with Crippen LogP contribution in [0.4, 0.5) is 20.2 Å². The highest BCUT2D eigenvalue weighted by Gasteiger charge is 2.35. The third-order valence-corrected chi connectivity index (χ3v) is 11.3. The van der Waals surface area contributed by atoms with E-state index in [9.17, 15) is 40.8 Å². The Bertz CT molecular complexity index is 2270. The molecule has 2 fully saturated rings. The number of halogens is 4. The predicted molar refractivity (Wildman–Crippen MR) is 189 cm³/mol. The molecule has 2 aromatic heterocycles. The van der Waals surface area contributed by atoms with Gasteiger partial charge in [0.15, 0.2) is 33.1 Å². The van der Waals surface area contributed by atoms with Crippen molar-refractivity contribution in [2.24, 2.45) is 9.98 Å². The number of thioether (sulfide) groups is 2. The molecule has 2 aliphatic heterocycles. The van der Waals surface area contributed by atoms with Gasteiger partial charge in [0.25, 0.3) is 16.1 Å². The lowest BCUT2D eigenvalue weighted by atomic mass is 10.3. The number of carbonyl (C=O) groups is 1. The molecule has 2 aliphatic rings. The molecule has 6 rings (SSSR count). The molecule has 2 saturated heterocycles. The van der Waals surface area contributed by atoms with Gasteiger partial charge in [0.2, 0.25) is 0 Å².